The second-order valence-corrected chi connectivity index (χ2v) is 3.70. The van der Waals surface area contributed by atoms with E-state index >= 15 is 0 Å². The van der Waals surface area contributed by atoms with Gasteiger partial charge >= 0.3 is 6.18 Å². The third kappa shape index (κ3) is 5.04. The van der Waals surface area contributed by atoms with E-state index in [-0.39, 0.29) is 5.82 Å². The fraction of sp³-hybridized carbons (Fsp3) is 0.545. The van der Waals surface area contributed by atoms with Crippen molar-refractivity contribution in [3.8, 4) is 0 Å². The normalized spacial score (nSPS) is 11.5. The number of nitrogens with two attached hydrogens (primary N) is 1. The number of pyridine rings is 1. The zero-order valence-corrected chi connectivity index (χ0v) is 9.43. The molecule has 0 aliphatic heterocycles. The van der Waals surface area contributed by atoms with Crippen LogP contribution in [0.3, 0.4) is 0 Å². The highest BCUT2D eigenvalue weighted by Gasteiger charge is 2.30. The molecule has 0 saturated carbocycles. The fourth-order valence-electron chi connectivity index (χ4n) is 1.37. The van der Waals surface area contributed by atoms with Crippen molar-refractivity contribution in [3.05, 3.63) is 23.9 Å². The van der Waals surface area contributed by atoms with Gasteiger partial charge < -0.3 is 11.1 Å². The average Bonchev–Trinajstić information content (AvgIpc) is 2.28. The van der Waals surface area contributed by atoms with Crippen molar-refractivity contribution in [1.82, 2.24) is 4.98 Å². The van der Waals surface area contributed by atoms with E-state index in [1.54, 1.807) is 0 Å². The quantitative estimate of drug-likeness (QED) is 0.760. The Morgan fingerprint density at radius 3 is 2.65 bits per heavy atom. The van der Waals surface area contributed by atoms with Crippen LogP contribution in [0.1, 0.15) is 24.8 Å². The number of unbranched alkanes of at least 4 members (excludes halogenated alkanes) is 2. The summed E-state index contributed by atoms with van der Waals surface area (Å²) < 4.78 is 37.2. The van der Waals surface area contributed by atoms with Gasteiger partial charge in [-0.15, -0.1) is 0 Å². The van der Waals surface area contributed by atoms with E-state index in [4.69, 9.17) is 5.73 Å². The summed E-state index contributed by atoms with van der Waals surface area (Å²) in [4.78, 5) is 3.83. The maximum absolute atomic E-state index is 12.4. The second-order valence-electron chi connectivity index (χ2n) is 3.70. The van der Waals surface area contributed by atoms with Crippen LogP contribution in [-0.4, -0.2) is 18.1 Å². The van der Waals surface area contributed by atoms with E-state index in [0.29, 0.717) is 13.1 Å². The standard InChI is InChI=1S/C11H16F3N3/c12-11(13,14)9-4-7-17-10(8-9)16-6-3-1-2-5-15/h4,7-8H,1-3,5-6,15H2,(H,16,17). The Morgan fingerprint density at radius 2 is 2.00 bits per heavy atom. The van der Waals surface area contributed by atoms with Gasteiger partial charge in [0, 0.05) is 12.7 Å². The van der Waals surface area contributed by atoms with Crippen LogP contribution in [0.4, 0.5) is 19.0 Å². The van der Waals surface area contributed by atoms with E-state index < -0.39 is 11.7 Å². The summed E-state index contributed by atoms with van der Waals surface area (Å²) in [6.07, 6.45) is -0.404. The maximum Gasteiger partial charge on any atom is 0.416 e. The molecule has 3 N–H and O–H groups in total. The SMILES string of the molecule is NCCCCCNc1cc(C(F)(F)F)ccn1. The van der Waals surface area contributed by atoms with Gasteiger partial charge in [0.15, 0.2) is 0 Å². The zero-order chi connectivity index (χ0) is 12.7. The number of alkyl halides is 3. The summed E-state index contributed by atoms with van der Waals surface area (Å²) in [5.74, 6) is 0.257. The molecule has 1 heterocycles. The first kappa shape index (κ1) is 13.8. The lowest BCUT2D eigenvalue weighted by molar-refractivity contribution is -0.137. The highest BCUT2D eigenvalue weighted by Crippen LogP contribution is 2.29. The molecule has 96 valence electrons. The molecule has 0 fully saturated rings. The van der Waals surface area contributed by atoms with E-state index in [9.17, 15) is 13.2 Å². The number of halogens is 3. The second kappa shape index (κ2) is 6.44. The maximum atomic E-state index is 12.4. The third-order valence-corrected chi connectivity index (χ3v) is 2.27. The molecule has 0 radical (unpaired) electrons. The molecule has 0 bridgehead atoms. The molecule has 0 aliphatic rings. The highest BCUT2D eigenvalue weighted by atomic mass is 19.4. The molecule has 0 aromatic carbocycles. The molecular weight excluding hydrogens is 231 g/mol. The Kier molecular flexibility index (Phi) is 5.21. The average molecular weight is 247 g/mol. The molecule has 6 heteroatoms. The zero-order valence-electron chi connectivity index (χ0n) is 9.43. The lowest BCUT2D eigenvalue weighted by atomic mass is 10.2. The molecule has 1 aromatic heterocycles. The lowest BCUT2D eigenvalue weighted by Crippen LogP contribution is -2.08. The van der Waals surface area contributed by atoms with Gasteiger partial charge in [0.25, 0.3) is 0 Å². The molecule has 0 atom stereocenters. The number of rotatable bonds is 6. The minimum absolute atomic E-state index is 0.257. The van der Waals surface area contributed by atoms with Crippen molar-refractivity contribution < 1.29 is 13.2 Å². The van der Waals surface area contributed by atoms with Crippen LogP contribution in [0.5, 0.6) is 0 Å². The van der Waals surface area contributed by atoms with Crippen molar-refractivity contribution in [3.63, 3.8) is 0 Å². The Bertz CT molecular complexity index is 339. The van der Waals surface area contributed by atoms with Gasteiger partial charge in [0.2, 0.25) is 0 Å². The number of aromatic nitrogens is 1. The summed E-state index contributed by atoms with van der Waals surface area (Å²) in [5, 5.41) is 2.86. The first-order valence-electron chi connectivity index (χ1n) is 5.51. The Hall–Kier alpha value is -1.30. The number of hydrogen-bond acceptors (Lipinski definition) is 3. The van der Waals surface area contributed by atoms with Crippen LogP contribution in [0.15, 0.2) is 18.3 Å². The third-order valence-electron chi connectivity index (χ3n) is 2.27. The number of hydrogen-bond donors (Lipinski definition) is 2. The Balaban J connectivity index is 2.44. The van der Waals surface area contributed by atoms with Gasteiger partial charge in [-0.05, 0) is 31.5 Å². The molecule has 3 nitrogen and oxygen atoms in total. The van der Waals surface area contributed by atoms with Crippen LogP contribution >= 0.6 is 0 Å². The molecule has 0 aliphatic carbocycles. The highest BCUT2D eigenvalue weighted by molar-refractivity contribution is 5.38. The van der Waals surface area contributed by atoms with Crippen molar-refractivity contribution in [1.29, 1.82) is 0 Å². The fourth-order valence-corrected chi connectivity index (χ4v) is 1.37. The number of nitrogens with one attached hydrogen (secondary N) is 1. The number of anilines is 1. The van der Waals surface area contributed by atoms with Crippen molar-refractivity contribution >= 4 is 5.82 Å². The first-order chi connectivity index (χ1) is 8.04. The van der Waals surface area contributed by atoms with Gasteiger partial charge in [-0.2, -0.15) is 13.2 Å². The van der Waals surface area contributed by atoms with Gasteiger partial charge in [-0.1, -0.05) is 6.42 Å². The van der Waals surface area contributed by atoms with Crippen LogP contribution in [0.2, 0.25) is 0 Å². The summed E-state index contributed by atoms with van der Waals surface area (Å²) in [6, 6.07) is 1.97. The van der Waals surface area contributed by atoms with Crippen molar-refractivity contribution in [2.24, 2.45) is 5.73 Å². The molecule has 0 saturated heterocycles. The van der Waals surface area contributed by atoms with Gasteiger partial charge in [0.05, 0.1) is 5.56 Å². The minimum atomic E-state index is -4.32. The molecule has 1 aromatic rings. The largest absolute Gasteiger partial charge is 0.416 e. The minimum Gasteiger partial charge on any atom is -0.370 e. The summed E-state index contributed by atoms with van der Waals surface area (Å²) >= 11 is 0. The topological polar surface area (TPSA) is 50.9 Å². The molecule has 0 spiro atoms. The number of nitrogens with zero attached hydrogens (tertiary/aromatic N) is 1. The predicted molar refractivity (Wildman–Crippen MR) is 60.6 cm³/mol. The van der Waals surface area contributed by atoms with Gasteiger partial charge in [-0.3, -0.25) is 0 Å². The molecule has 0 amide bonds. The van der Waals surface area contributed by atoms with Crippen LogP contribution in [0.25, 0.3) is 0 Å². The van der Waals surface area contributed by atoms with E-state index in [2.05, 4.69) is 10.3 Å². The molecule has 0 unspecified atom stereocenters. The lowest BCUT2D eigenvalue weighted by Gasteiger charge is -2.09. The molecular formula is C11H16F3N3. The van der Waals surface area contributed by atoms with Crippen LogP contribution in [-0.2, 0) is 6.18 Å². The molecule has 1 rings (SSSR count). The monoisotopic (exact) mass is 247 g/mol. The van der Waals surface area contributed by atoms with Crippen molar-refractivity contribution in [2.75, 3.05) is 18.4 Å². The predicted octanol–water partition coefficient (Wildman–Crippen LogP) is 2.64. The first-order valence-corrected chi connectivity index (χ1v) is 5.51. The Labute approximate surface area is 98.2 Å². The van der Waals surface area contributed by atoms with Crippen molar-refractivity contribution in [2.45, 2.75) is 25.4 Å². The van der Waals surface area contributed by atoms with E-state index in [1.165, 1.54) is 0 Å². The Morgan fingerprint density at radius 1 is 1.24 bits per heavy atom. The van der Waals surface area contributed by atoms with Gasteiger partial charge in [0.1, 0.15) is 5.82 Å². The smallest absolute Gasteiger partial charge is 0.370 e. The summed E-state index contributed by atoms with van der Waals surface area (Å²) in [5.41, 5.74) is 4.65. The summed E-state index contributed by atoms with van der Waals surface area (Å²) in [7, 11) is 0. The van der Waals surface area contributed by atoms with Gasteiger partial charge in [-0.25, -0.2) is 4.98 Å². The van der Waals surface area contributed by atoms with Crippen LogP contribution < -0.4 is 11.1 Å². The van der Waals surface area contributed by atoms with E-state index in [1.807, 2.05) is 0 Å². The van der Waals surface area contributed by atoms with E-state index in [0.717, 1.165) is 37.6 Å². The van der Waals surface area contributed by atoms with Crippen LogP contribution in [0, 0.1) is 0 Å². The summed E-state index contributed by atoms with van der Waals surface area (Å²) in [6.45, 7) is 1.25. The molecule has 17 heavy (non-hydrogen) atoms.